The van der Waals surface area contributed by atoms with Gasteiger partial charge < -0.3 is 25.4 Å². The largest absolute Gasteiger partial charge is 0.449 e. The number of rotatable bonds is 8. The Balaban J connectivity index is 1.65. The minimum Gasteiger partial charge on any atom is -0.449 e. The summed E-state index contributed by atoms with van der Waals surface area (Å²) in [5, 5.41) is 15.8. The van der Waals surface area contributed by atoms with Crippen LogP contribution in [0.2, 0.25) is 0 Å². The third-order valence-corrected chi connectivity index (χ3v) is 7.13. The van der Waals surface area contributed by atoms with E-state index in [9.17, 15) is 19.5 Å². The standard InChI is InChI=1S/C27H34N4O5S/c1-6-7-12-36-26(35)30-23(27(3,4)5)25(34)31-15-20(32)13-21(31)24(33)28-14-18-8-10-19(11-9-18)22-17(2)29-16-37-22/h1,8-11,16,20-21,23,32H,7,12-15H2,2-5H3,(H,28,33)(H,30,35)/t20-,21+,23-/m1/s1. The summed E-state index contributed by atoms with van der Waals surface area (Å²) in [6, 6.07) is 6.03. The molecular formula is C27H34N4O5S. The van der Waals surface area contributed by atoms with Crippen LogP contribution in [-0.2, 0) is 20.9 Å². The van der Waals surface area contributed by atoms with Crippen LogP contribution < -0.4 is 10.6 Å². The second kappa shape index (κ2) is 12.2. The number of hydrogen-bond acceptors (Lipinski definition) is 7. The SMILES string of the molecule is C#CCCOC(=O)N[C@H](C(=O)N1C[C@H](O)C[C@H]1C(=O)NCc1ccc(-c2scnc2C)cc1)C(C)(C)C. The van der Waals surface area contributed by atoms with Gasteiger partial charge in [-0.15, -0.1) is 23.7 Å². The normalized spacial score (nSPS) is 18.1. The minimum absolute atomic E-state index is 0.000217. The Morgan fingerprint density at radius 3 is 2.59 bits per heavy atom. The van der Waals surface area contributed by atoms with Crippen LogP contribution in [-0.4, -0.2) is 64.2 Å². The molecule has 1 aliphatic rings. The van der Waals surface area contributed by atoms with Crippen molar-refractivity contribution in [2.45, 2.75) is 65.3 Å². The zero-order valence-electron chi connectivity index (χ0n) is 21.6. The lowest BCUT2D eigenvalue weighted by Crippen LogP contribution is -2.57. The molecule has 9 nitrogen and oxygen atoms in total. The Hall–Kier alpha value is -3.42. The molecule has 198 valence electrons. The number of thiazole rings is 1. The molecule has 3 amide bonds. The lowest BCUT2D eigenvalue weighted by molar-refractivity contribution is -0.142. The number of aliphatic hydroxyl groups is 1. The first-order chi connectivity index (χ1) is 17.5. The van der Waals surface area contributed by atoms with E-state index >= 15 is 0 Å². The summed E-state index contributed by atoms with van der Waals surface area (Å²) >= 11 is 1.57. The summed E-state index contributed by atoms with van der Waals surface area (Å²) in [4.78, 5) is 45.6. The predicted molar refractivity (Wildman–Crippen MR) is 141 cm³/mol. The molecule has 1 aromatic carbocycles. The van der Waals surface area contributed by atoms with Crippen molar-refractivity contribution in [1.29, 1.82) is 0 Å². The second-order valence-corrected chi connectivity index (χ2v) is 11.0. The molecule has 0 saturated carbocycles. The first-order valence-electron chi connectivity index (χ1n) is 12.1. The van der Waals surface area contributed by atoms with Crippen molar-refractivity contribution < 1.29 is 24.2 Å². The van der Waals surface area contributed by atoms with Crippen molar-refractivity contribution >= 4 is 29.2 Å². The van der Waals surface area contributed by atoms with E-state index in [-0.39, 0.29) is 38.4 Å². The van der Waals surface area contributed by atoms with Crippen molar-refractivity contribution in [3.8, 4) is 22.8 Å². The number of ether oxygens (including phenoxy) is 1. The van der Waals surface area contributed by atoms with Gasteiger partial charge in [0.15, 0.2) is 0 Å². The highest BCUT2D eigenvalue weighted by molar-refractivity contribution is 7.13. The van der Waals surface area contributed by atoms with Crippen LogP contribution in [0.25, 0.3) is 10.4 Å². The van der Waals surface area contributed by atoms with Crippen molar-refractivity contribution in [3.05, 3.63) is 41.0 Å². The molecule has 0 unspecified atom stereocenters. The number of terminal acetylenes is 1. The molecule has 3 rings (SSSR count). The van der Waals surface area contributed by atoms with Gasteiger partial charge in [-0.1, -0.05) is 45.0 Å². The van der Waals surface area contributed by atoms with E-state index in [0.717, 1.165) is 21.7 Å². The fraction of sp³-hybridized carbons (Fsp3) is 0.481. The zero-order valence-corrected chi connectivity index (χ0v) is 22.4. The number of benzene rings is 1. The number of likely N-dealkylation sites (tertiary alicyclic amines) is 1. The molecule has 2 heterocycles. The first kappa shape index (κ1) is 28.2. The molecule has 2 aromatic rings. The Labute approximate surface area is 221 Å². The molecule has 10 heteroatoms. The molecule has 3 N–H and O–H groups in total. The summed E-state index contributed by atoms with van der Waals surface area (Å²) < 4.78 is 5.05. The molecule has 0 spiro atoms. The number of nitrogens with zero attached hydrogens (tertiary/aromatic N) is 2. The molecule has 3 atom stereocenters. The van der Waals surface area contributed by atoms with Crippen LogP contribution in [0.5, 0.6) is 0 Å². The molecule has 1 fully saturated rings. The summed E-state index contributed by atoms with van der Waals surface area (Å²) in [7, 11) is 0. The third-order valence-electron chi connectivity index (χ3n) is 6.15. The van der Waals surface area contributed by atoms with E-state index < -0.39 is 35.6 Å². The Morgan fingerprint density at radius 2 is 2.00 bits per heavy atom. The van der Waals surface area contributed by atoms with Gasteiger partial charge in [0, 0.05) is 25.9 Å². The maximum atomic E-state index is 13.5. The van der Waals surface area contributed by atoms with Gasteiger partial charge in [0.05, 0.1) is 22.2 Å². The van der Waals surface area contributed by atoms with E-state index in [0.29, 0.717) is 0 Å². The molecule has 0 radical (unpaired) electrons. The number of aromatic nitrogens is 1. The number of β-amino-alcohol motifs (C(OH)–C–C–N with tert-alkyl or cyclic N) is 1. The Bertz CT molecular complexity index is 1150. The topological polar surface area (TPSA) is 121 Å². The zero-order chi connectivity index (χ0) is 27.2. The summed E-state index contributed by atoms with van der Waals surface area (Å²) in [6.45, 7) is 7.68. The number of hydrogen-bond donors (Lipinski definition) is 3. The van der Waals surface area contributed by atoms with Crippen LogP contribution in [0.3, 0.4) is 0 Å². The van der Waals surface area contributed by atoms with E-state index in [2.05, 4.69) is 21.5 Å². The van der Waals surface area contributed by atoms with Crippen LogP contribution >= 0.6 is 11.3 Å². The maximum Gasteiger partial charge on any atom is 0.407 e. The molecule has 1 saturated heterocycles. The fourth-order valence-corrected chi connectivity index (χ4v) is 4.95. The lowest BCUT2D eigenvalue weighted by atomic mass is 9.85. The first-order valence-corrected chi connectivity index (χ1v) is 13.0. The summed E-state index contributed by atoms with van der Waals surface area (Å²) in [5.41, 5.74) is 4.07. The molecule has 0 aliphatic carbocycles. The number of nitrogens with one attached hydrogen (secondary N) is 2. The number of carbonyl (C=O) groups excluding carboxylic acids is 3. The van der Waals surface area contributed by atoms with Gasteiger partial charge in [-0.25, -0.2) is 9.78 Å². The summed E-state index contributed by atoms with van der Waals surface area (Å²) in [5.74, 6) is 1.56. The van der Waals surface area contributed by atoms with Crippen molar-refractivity contribution in [2.24, 2.45) is 5.41 Å². The number of aryl methyl sites for hydroxylation is 1. The average molecular weight is 527 g/mol. The molecule has 37 heavy (non-hydrogen) atoms. The molecule has 0 bridgehead atoms. The quantitative estimate of drug-likeness (QED) is 0.359. The number of aliphatic hydroxyl groups excluding tert-OH is 1. The van der Waals surface area contributed by atoms with Crippen molar-refractivity contribution in [1.82, 2.24) is 20.5 Å². The van der Waals surface area contributed by atoms with Crippen LogP contribution in [0.1, 0.15) is 44.9 Å². The van der Waals surface area contributed by atoms with Gasteiger partial charge >= 0.3 is 6.09 Å². The third kappa shape index (κ3) is 7.31. The van der Waals surface area contributed by atoms with Crippen molar-refractivity contribution in [3.63, 3.8) is 0 Å². The fourth-order valence-electron chi connectivity index (χ4n) is 4.14. The van der Waals surface area contributed by atoms with E-state index in [1.807, 2.05) is 36.7 Å². The molecular weight excluding hydrogens is 492 g/mol. The monoisotopic (exact) mass is 526 g/mol. The van der Waals surface area contributed by atoms with Gasteiger partial charge in [-0.3, -0.25) is 9.59 Å². The van der Waals surface area contributed by atoms with Gasteiger partial charge in [0.2, 0.25) is 11.8 Å². The number of alkyl carbamates (subject to hydrolysis) is 1. The van der Waals surface area contributed by atoms with Crippen LogP contribution in [0, 0.1) is 24.7 Å². The maximum absolute atomic E-state index is 13.5. The summed E-state index contributed by atoms with van der Waals surface area (Å²) in [6.07, 6.45) is 3.95. The predicted octanol–water partition coefficient (Wildman–Crippen LogP) is 2.86. The molecule has 1 aromatic heterocycles. The number of amides is 3. The number of carbonyl (C=O) groups is 3. The van der Waals surface area contributed by atoms with Gasteiger partial charge in [0.25, 0.3) is 0 Å². The Kier molecular flexibility index (Phi) is 9.29. The highest BCUT2D eigenvalue weighted by Crippen LogP contribution is 2.28. The van der Waals surface area contributed by atoms with Gasteiger partial charge in [-0.05, 0) is 23.5 Å². The van der Waals surface area contributed by atoms with E-state index in [1.54, 1.807) is 32.1 Å². The van der Waals surface area contributed by atoms with E-state index in [4.69, 9.17) is 11.2 Å². The minimum atomic E-state index is -0.964. The van der Waals surface area contributed by atoms with Crippen LogP contribution in [0.15, 0.2) is 29.8 Å². The van der Waals surface area contributed by atoms with Gasteiger partial charge in [-0.2, -0.15) is 0 Å². The van der Waals surface area contributed by atoms with Crippen LogP contribution in [0.4, 0.5) is 4.79 Å². The smallest absolute Gasteiger partial charge is 0.407 e. The lowest BCUT2D eigenvalue weighted by Gasteiger charge is -2.35. The van der Waals surface area contributed by atoms with Gasteiger partial charge in [0.1, 0.15) is 18.7 Å². The van der Waals surface area contributed by atoms with Crippen molar-refractivity contribution in [2.75, 3.05) is 13.2 Å². The highest BCUT2D eigenvalue weighted by atomic mass is 32.1. The molecule has 1 aliphatic heterocycles. The average Bonchev–Trinajstić information content (AvgIpc) is 3.46. The van der Waals surface area contributed by atoms with E-state index in [1.165, 1.54) is 4.90 Å². The second-order valence-electron chi connectivity index (χ2n) is 10.1. The Morgan fingerprint density at radius 1 is 1.30 bits per heavy atom. The highest BCUT2D eigenvalue weighted by Gasteiger charge is 2.44.